The van der Waals surface area contributed by atoms with E-state index in [4.69, 9.17) is 10.5 Å². The molecular formula is C22H21N5O2. The smallest absolute Gasteiger partial charge is 0.296 e. The molecule has 146 valence electrons. The number of anilines is 2. The number of nitrogens with one attached hydrogen (secondary N) is 1. The Morgan fingerprint density at radius 1 is 1.10 bits per heavy atom. The third kappa shape index (κ3) is 3.62. The van der Waals surface area contributed by atoms with Gasteiger partial charge in [-0.1, -0.05) is 12.1 Å². The van der Waals surface area contributed by atoms with E-state index < -0.39 is 0 Å². The second-order valence-electron chi connectivity index (χ2n) is 6.80. The van der Waals surface area contributed by atoms with Crippen molar-refractivity contribution in [3.63, 3.8) is 0 Å². The fourth-order valence-electron chi connectivity index (χ4n) is 3.19. The van der Waals surface area contributed by atoms with Gasteiger partial charge in [0.1, 0.15) is 17.3 Å². The molecule has 0 unspecified atom stereocenters. The molecule has 2 aromatic carbocycles. The van der Waals surface area contributed by atoms with Gasteiger partial charge in [-0.25, -0.2) is 10.0 Å². The number of benzene rings is 2. The summed E-state index contributed by atoms with van der Waals surface area (Å²) in [5.74, 6) is 1.04. The number of hydrazine groups is 1. The lowest BCUT2D eigenvalue weighted by Crippen LogP contribution is -2.36. The summed E-state index contributed by atoms with van der Waals surface area (Å²) in [5.41, 5.74) is 13.2. The predicted molar refractivity (Wildman–Crippen MR) is 115 cm³/mol. The summed E-state index contributed by atoms with van der Waals surface area (Å²) in [7, 11) is 1.62. The van der Waals surface area contributed by atoms with Crippen molar-refractivity contribution in [2.45, 2.75) is 13.8 Å². The number of amides is 1. The maximum Gasteiger partial charge on any atom is 0.296 e. The highest BCUT2D eigenvalue weighted by Crippen LogP contribution is 2.29. The number of aryl methyl sites for hydroxylation is 1. The van der Waals surface area contributed by atoms with Crippen LogP contribution in [0.2, 0.25) is 0 Å². The molecule has 7 heteroatoms. The molecule has 0 atom stereocenters. The van der Waals surface area contributed by atoms with Gasteiger partial charge in [-0.15, -0.1) is 0 Å². The van der Waals surface area contributed by atoms with E-state index in [1.54, 1.807) is 32.2 Å². The number of aliphatic imine (C=N–C) groups is 1. The highest BCUT2D eigenvalue weighted by atomic mass is 16.5. The van der Waals surface area contributed by atoms with Crippen LogP contribution in [0.25, 0.3) is 17.0 Å². The van der Waals surface area contributed by atoms with Gasteiger partial charge in [0, 0.05) is 16.8 Å². The SMILES string of the molecule is COc1ccc2nc(C)cc(NN3C(=O)/C(=C\c4ccc(N)cc4)N=C3C)c2c1. The number of carbonyl (C=O) groups excluding carboxylic acids is 1. The first kappa shape index (κ1) is 18.5. The Morgan fingerprint density at radius 3 is 2.59 bits per heavy atom. The third-order valence-electron chi connectivity index (χ3n) is 4.64. The summed E-state index contributed by atoms with van der Waals surface area (Å²) in [5, 5.41) is 2.29. The van der Waals surface area contributed by atoms with E-state index in [9.17, 15) is 4.79 Å². The first-order valence-electron chi connectivity index (χ1n) is 9.13. The van der Waals surface area contributed by atoms with Crippen molar-refractivity contribution in [1.29, 1.82) is 0 Å². The zero-order chi connectivity index (χ0) is 20.5. The number of amidine groups is 1. The first-order valence-corrected chi connectivity index (χ1v) is 9.13. The van der Waals surface area contributed by atoms with Gasteiger partial charge in [-0.05, 0) is 61.9 Å². The molecule has 0 fully saturated rings. The summed E-state index contributed by atoms with van der Waals surface area (Å²) < 4.78 is 5.33. The number of rotatable bonds is 4. The second kappa shape index (κ2) is 7.27. The van der Waals surface area contributed by atoms with Crippen LogP contribution in [-0.2, 0) is 4.79 Å². The van der Waals surface area contributed by atoms with E-state index in [1.165, 1.54) is 5.01 Å². The van der Waals surface area contributed by atoms with Gasteiger partial charge >= 0.3 is 0 Å². The summed E-state index contributed by atoms with van der Waals surface area (Å²) >= 11 is 0. The minimum absolute atomic E-state index is 0.232. The molecule has 0 aliphatic carbocycles. The summed E-state index contributed by atoms with van der Waals surface area (Å²) in [6, 6.07) is 14.8. The van der Waals surface area contributed by atoms with E-state index in [1.807, 2.05) is 43.3 Å². The van der Waals surface area contributed by atoms with Crippen LogP contribution in [0, 0.1) is 6.92 Å². The van der Waals surface area contributed by atoms with Crippen LogP contribution in [0.3, 0.4) is 0 Å². The molecule has 29 heavy (non-hydrogen) atoms. The summed E-state index contributed by atoms with van der Waals surface area (Å²) in [4.78, 5) is 21.9. The Labute approximate surface area is 168 Å². The number of fused-ring (bicyclic) bond motifs is 1. The van der Waals surface area contributed by atoms with Gasteiger partial charge in [0.15, 0.2) is 0 Å². The van der Waals surface area contributed by atoms with E-state index in [0.717, 1.165) is 27.8 Å². The number of nitrogens with two attached hydrogens (primary N) is 1. The van der Waals surface area contributed by atoms with E-state index in [2.05, 4.69) is 15.4 Å². The molecule has 7 nitrogen and oxygen atoms in total. The van der Waals surface area contributed by atoms with Gasteiger partial charge in [-0.2, -0.15) is 0 Å². The quantitative estimate of drug-likeness (QED) is 0.525. The second-order valence-corrected chi connectivity index (χ2v) is 6.80. The van der Waals surface area contributed by atoms with Gasteiger partial charge in [0.25, 0.3) is 5.91 Å². The van der Waals surface area contributed by atoms with Crippen molar-refractivity contribution in [1.82, 2.24) is 9.99 Å². The predicted octanol–water partition coefficient (Wildman–Crippen LogP) is 3.76. The molecule has 3 aromatic rings. The molecule has 0 saturated carbocycles. The minimum atomic E-state index is -0.232. The van der Waals surface area contributed by atoms with Gasteiger partial charge in [0.2, 0.25) is 0 Å². The summed E-state index contributed by atoms with van der Waals surface area (Å²) in [6.45, 7) is 3.69. The number of ether oxygens (including phenoxy) is 1. The molecule has 0 saturated heterocycles. The molecular weight excluding hydrogens is 366 g/mol. The van der Waals surface area contributed by atoms with E-state index in [0.29, 0.717) is 23.0 Å². The Balaban J connectivity index is 1.67. The topological polar surface area (TPSA) is 92.8 Å². The largest absolute Gasteiger partial charge is 0.497 e. The summed E-state index contributed by atoms with van der Waals surface area (Å²) in [6.07, 6.45) is 1.74. The molecule has 3 N–H and O–H groups in total. The normalized spacial score (nSPS) is 15.1. The van der Waals surface area contributed by atoms with Crippen molar-refractivity contribution in [3.8, 4) is 5.75 Å². The number of aromatic nitrogens is 1. The van der Waals surface area contributed by atoms with Crippen LogP contribution in [0.4, 0.5) is 11.4 Å². The monoisotopic (exact) mass is 387 g/mol. The van der Waals surface area contributed by atoms with E-state index >= 15 is 0 Å². The van der Waals surface area contributed by atoms with Crippen molar-refractivity contribution in [2.24, 2.45) is 4.99 Å². The van der Waals surface area contributed by atoms with Crippen LogP contribution in [0.15, 0.2) is 59.2 Å². The molecule has 2 heterocycles. The first-order chi connectivity index (χ1) is 13.9. The average molecular weight is 387 g/mol. The maximum atomic E-state index is 13.0. The van der Waals surface area contributed by atoms with Crippen LogP contribution in [-0.4, -0.2) is 28.8 Å². The van der Waals surface area contributed by atoms with Crippen molar-refractivity contribution in [3.05, 3.63) is 65.5 Å². The Hall–Kier alpha value is -3.87. The number of carbonyl (C=O) groups is 1. The molecule has 0 radical (unpaired) electrons. The molecule has 1 aliphatic heterocycles. The van der Waals surface area contributed by atoms with Crippen molar-refractivity contribution < 1.29 is 9.53 Å². The molecule has 1 amide bonds. The van der Waals surface area contributed by atoms with Crippen molar-refractivity contribution >= 4 is 40.1 Å². The Kier molecular flexibility index (Phi) is 4.64. The molecule has 4 rings (SSSR count). The lowest BCUT2D eigenvalue weighted by atomic mass is 10.1. The highest BCUT2D eigenvalue weighted by Gasteiger charge is 2.28. The fraction of sp³-hybridized carbons (Fsp3) is 0.136. The van der Waals surface area contributed by atoms with Gasteiger partial charge in [0.05, 0.1) is 18.3 Å². The van der Waals surface area contributed by atoms with Crippen LogP contribution in [0.5, 0.6) is 5.75 Å². The number of nitrogens with zero attached hydrogens (tertiary/aromatic N) is 3. The van der Waals surface area contributed by atoms with Crippen LogP contribution < -0.4 is 15.9 Å². The third-order valence-corrected chi connectivity index (χ3v) is 4.64. The minimum Gasteiger partial charge on any atom is -0.497 e. The standard InChI is InChI=1S/C22H21N5O2/c1-13-10-20(18-12-17(29-3)8-9-19(18)24-13)26-27-14(2)25-21(22(27)28)11-15-4-6-16(23)7-5-15/h4-12H,23H2,1-3H3,(H,24,26)/b21-11+. The number of hydrogen-bond donors (Lipinski definition) is 2. The zero-order valence-electron chi connectivity index (χ0n) is 16.4. The number of hydrogen-bond acceptors (Lipinski definition) is 6. The lowest BCUT2D eigenvalue weighted by molar-refractivity contribution is -0.121. The number of pyridine rings is 1. The molecule has 1 aromatic heterocycles. The van der Waals surface area contributed by atoms with Gasteiger partial charge < -0.3 is 10.5 Å². The van der Waals surface area contributed by atoms with Crippen LogP contribution in [0.1, 0.15) is 18.2 Å². The molecule has 0 spiro atoms. The van der Waals surface area contributed by atoms with Crippen LogP contribution >= 0.6 is 0 Å². The van der Waals surface area contributed by atoms with Gasteiger partial charge in [-0.3, -0.25) is 15.2 Å². The Morgan fingerprint density at radius 2 is 1.86 bits per heavy atom. The maximum absolute atomic E-state index is 13.0. The Bertz CT molecular complexity index is 1170. The van der Waals surface area contributed by atoms with Crippen molar-refractivity contribution in [2.75, 3.05) is 18.3 Å². The van der Waals surface area contributed by atoms with E-state index in [-0.39, 0.29) is 5.91 Å². The zero-order valence-corrected chi connectivity index (χ0v) is 16.4. The molecule has 1 aliphatic rings. The average Bonchev–Trinajstić information content (AvgIpc) is 2.96. The number of nitrogen functional groups attached to an aromatic ring is 1. The number of methoxy groups -OCH3 is 1. The highest BCUT2D eigenvalue weighted by molar-refractivity contribution is 6.14. The molecule has 0 bridgehead atoms. The lowest BCUT2D eigenvalue weighted by Gasteiger charge is -2.20. The fourth-order valence-corrected chi connectivity index (χ4v) is 3.19.